The van der Waals surface area contributed by atoms with Gasteiger partial charge in [-0.3, -0.25) is 4.79 Å². The molecule has 0 bridgehead atoms. The molecule has 1 amide bonds. The maximum Gasteiger partial charge on any atom is 0.435 e. The molecule has 0 saturated carbocycles. The average molecular weight is 451 g/mol. The van der Waals surface area contributed by atoms with Gasteiger partial charge >= 0.3 is 6.18 Å². The molecule has 1 heterocycles. The zero-order valence-corrected chi connectivity index (χ0v) is 17.8. The molecule has 164 valence electrons. The first-order valence-corrected chi connectivity index (χ1v) is 10.8. The Hall–Kier alpha value is -3.14. The van der Waals surface area contributed by atoms with Gasteiger partial charge in [0.2, 0.25) is 5.91 Å². The van der Waals surface area contributed by atoms with Crippen molar-refractivity contribution in [2.75, 3.05) is 19.8 Å². The van der Waals surface area contributed by atoms with Crippen molar-refractivity contribution >= 4 is 15.7 Å². The van der Waals surface area contributed by atoms with Gasteiger partial charge in [-0.05, 0) is 37.3 Å². The van der Waals surface area contributed by atoms with Crippen LogP contribution in [0.25, 0.3) is 16.9 Å². The second-order valence-electron chi connectivity index (χ2n) is 7.23. The Bertz CT molecular complexity index is 1200. The topological polar surface area (TPSA) is 72.3 Å². The third-order valence-corrected chi connectivity index (χ3v) is 6.22. The van der Waals surface area contributed by atoms with E-state index in [2.05, 4.69) is 5.10 Å². The predicted octanol–water partition coefficient (Wildman–Crippen LogP) is 3.73. The Labute approximate surface area is 177 Å². The first-order chi connectivity index (χ1) is 14.4. The summed E-state index contributed by atoms with van der Waals surface area (Å²) >= 11 is 0. The van der Waals surface area contributed by atoms with Crippen LogP contribution >= 0.6 is 0 Å². The molecule has 0 N–H and O–H groups in total. The summed E-state index contributed by atoms with van der Waals surface area (Å²) < 4.78 is 65.9. The minimum Gasteiger partial charge on any atom is -0.348 e. The number of aromatic nitrogens is 2. The van der Waals surface area contributed by atoms with E-state index in [1.54, 1.807) is 24.3 Å². The van der Waals surface area contributed by atoms with Crippen LogP contribution in [0.4, 0.5) is 13.2 Å². The number of hydrogen-bond donors (Lipinski definition) is 0. The summed E-state index contributed by atoms with van der Waals surface area (Å²) in [5.41, 5.74) is 0.889. The number of rotatable bonds is 5. The second kappa shape index (κ2) is 8.18. The Morgan fingerprint density at radius 1 is 1.03 bits per heavy atom. The first-order valence-electron chi connectivity index (χ1n) is 9.16. The summed E-state index contributed by atoms with van der Waals surface area (Å²) in [7, 11) is -0.994. The van der Waals surface area contributed by atoms with Crippen molar-refractivity contribution in [1.29, 1.82) is 0 Å². The highest BCUT2D eigenvalue weighted by Crippen LogP contribution is 2.33. The lowest BCUT2D eigenvalue weighted by Gasteiger charge is -2.12. The van der Waals surface area contributed by atoms with E-state index >= 15 is 0 Å². The molecule has 0 saturated heterocycles. The predicted molar refractivity (Wildman–Crippen MR) is 109 cm³/mol. The maximum atomic E-state index is 13.3. The lowest BCUT2D eigenvalue weighted by Crippen LogP contribution is -2.29. The summed E-state index contributed by atoms with van der Waals surface area (Å²) in [6, 6.07) is 13.1. The average Bonchev–Trinajstić information content (AvgIpc) is 3.14. The van der Waals surface area contributed by atoms with Crippen molar-refractivity contribution in [2.45, 2.75) is 18.0 Å². The fraction of sp³-hybridized carbons (Fsp3) is 0.238. The monoisotopic (exact) mass is 451 g/mol. The largest absolute Gasteiger partial charge is 0.435 e. The van der Waals surface area contributed by atoms with Gasteiger partial charge in [0.1, 0.15) is 5.75 Å². The van der Waals surface area contributed by atoms with Gasteiger partial charge in [0.15, 0.2) is 15.5 Å². The number of carbonyl (C=O) groups excluding carboxylic acids is 1. The molecule has 0 radical (unpaired) electrons. The van der Waals surface area contributed by atoms with E-state index < -0.39 is 33.4 Å². The Morgan fingerprint density at radius 3 is 2.13 bits per heavy atom. The molecular weight excluding hydrogens is 431 g/mol. The van der Waals surface area contributed by atoms with Gasteiger partial charge in [-0.15, -0.1) is 0 Å². The van der Waals surface area contributed by atoms with Crippen LogP contribution in [0.2, 0.25) is 0 Å². The normalized spacial score (nSPS) is 12.1. The summed E-state index contributed by atoms with van der Waals surface area (Å²) in [5.74, 6) is -1.28. The zero-order valence-electron chi connectivity index (χ0n) is 17.0. The van der Waals surface area contributed by atoms with Gasteiger partial charge in [0.05, 0.1) is 16.3 Å². The first kappa shape index (κ1) is 22.5. The Balaban J connectivity index is 2.03. The van der Waals surface area contributed by atoms with Crippen molar-refractivity contribution in [2.24, 2.45) is 0 Å². The molecule has 0 fully saturated rings. The highest BCUT2D eigenvalue weighted by molar-refractivity contribution is 7.92. The van der Waals surface area contributed by atoms with Gasteiger partial charge in [-0.1, -0.05) is 29.8 Å². The van der Waals surface area contributed by atoms with Gasteiger partial charge in [-0.2, -0.15) is 18.3 Å². The number of benzene rings is 2. The maximum absolute atomic E-state index is 13.3. The SMILES string of the molecule is Cc1ccc(-c2cc(C(F)(F)F)nn2-c2ccc(S(=O)(=O)CC(=O)N(C)C)cc2)cc1. The molecule has 2 aromatic carbocycles. The highest BCUT2D eigenvalue weighted by Gasteiger charge is 2.35. The fourth-order valence-corrected chi connectivity index (χ4v) is 4.12. The van der Waals surface area contributed by atoms with E-state index in [-0.39, 0.29) is 16.3 Å². The summed E-state index contributed by atoms with van der Waals surface area (Å²) in [5, 5.41) is 3.70. The molecule has 31 heavy (non-hydrogen) atoms. The molecule has 0 unspecified atom stereocenters. The third-order valence-electron chi connectivity index (χ3n) is 4.60. The van der Waals surface area contributed by atoms with E-state index in [1.807, 2.05) is 6.92 Å². The van der Waals surface area contributed by atoms with Gasteiger partial charge in [0, 0.05) is 19.7 Å². The van der Waals surface area contributed by atoms with E-state index in [4.69, 9.17) is 0 Å². The van der Waals surface area contributed by atoms with Crippen molar-refractivity contribution < 1.29 is 26.4 Å². The molecule has 1 aromatic heterocycles. The van der Waals surface area contributed by atoms with Crippen LogP contribution < -0.4 is 0 Å². The van der Waals surface area contributed by atoms with Crippen LogP contribution in [-0.2, 0) is 20.8 Å². The van der Waals surface area contributed by atoms with E-state index in [0.29, 0.717) is 5.56 Å². The lowest BCUT2D eigenvalue weighted by atomic mass is 10.1. The number of halogens is 3. The lowest BCUT2D eigenvalue weighted by molar-refractivity contribution is -0.141. The summed E-state index contributed by atoms with van der Waals surface area (Å²) in [6.45, 7) is 1.86. The molecule has 0 aliphatic carbocycles. The Morgan fingerprint density at radius 2 is 1.61 bits per heavy atom. The standard InChI is InChI=1S/C21H20F3N3O3S/c1-14-4-6-15(7-5-14)18-12-19(21(22,23)24)25-27(18)16-8-10-17(11-9-16)31(29,30)13-20(28)26(2)3/h4-12H,13H2,1-3H3. The van der Waals surface area contributed by atoms with Crippen LogP contribution in [0.1, 0.15) is 11.3 Å². The van der Waals surface area contributed by atoms with Gasteiger partial charge < -0.3 is 4.90 Å². The van der Waals surface area contributed by atoms with E-state index in [1.165, 1.54) is 43.3 Å². The molecule has 0 aliphatic rings. The molecule has 6 nitrogen and oxygen atoms in total. The molecule has 3 aromatic rings. The number of carbonyl (C=O) groups is 1. The fourth-order valence-electron chi connectivity index (χ4n) is 2.82. The number of sulfone groups is 1. The molecule has 0 atom stereocenters. The summed E-state index contributed by atoms with van der Waals surface area (Å²) in [6.07, 6.45) is -4.64. The molecule has 0 spiro atoms. The van der Waals surface area contributed by atoms with Gasteiger partial charge in [-0.25, -0.2) is 13.1 Å². The Kier molecular flexibility index (Phi) is 5.95. The molecule has 10 heteroatoms. The third kappa shape index (κ3) is 4.96. The van der Waals surface area contributed by atoms with E-state index in [0.717, 1.165) is 16.3 Å². The molecule has 0 aliphatic heterocycles. The number of hydrogen-bond acceptors (Lipinski definition) is 4. The zero-order chi connectivity index (χ0) is 23.0. The van der Waals surface area contributed by atoms with Crippen molar-refractivity contribution in [1.82, 2.24) is 14.7 Å². The van der Waals surface area contributed by atoms with Crippen molar-refractivity contribution in [3.63, 3.8) is 0 Å². The minimum absolute atomic E-state index is 0.105. The van der Waals surface area contributed by atoms with Crippen molar-refractivity contribution in [3.8, 4) is 16.9 Å². The van der Waals surface area contributed by atoms with Crippen LogP contribution in [0.3, 0.4) is 0 Å². The minimum atomic E-state index is -4.64. The molecule has 3 rings (SSSR count). The number of nitrogens with zero attached hydrogens (tertiary/aromatic N) is 3. The molecular formula is C21H20F3N3O3S. The number of amides is 1. The van der Waals surface area contributed by atoms with E-state index in [9.17, 15) is 26.4 Å². The highest BCUT2D eigenvalue weighted by atomic mass is 32.2. The van der Waals surface area contributed by atoms with Crippen LogP contribution in [0.15, 0.2) is 59.5 Å². The van der Waals surface area contributed by atoms with Crippen LogP contribution in [-0.4, -0.2) is 48.9 Å². The van der Waals surface area contributed by atoms with Crippen molar-refractivity contribution in [3.05, 3.63) is 65.9 Å². The quantitative estimate of drug-likeness (QED) is 0.593. The smallest absolute Gasteiger partial charge is 0.348 e. The number of alkyl halides is 3. The van der Waals surface area contributed by atoms with Gasteiger partial charge in [0.25, 0.3) is 0 Å². The second-order valence-corrected chi connectivity index (χ2v) is 9.22. The van der Waals surface area contributed by atoms with Crippen LogP contribution in [0, 0.1) is 6.92 Å². The van der Waals surface area contributed by atoms with Crippen LogP contribution in [0.5, 0.6) is 0 Å². The number of aryl methyl sites for hydroxylation is 1. The summed E-state index contributed by atoms with van der Waals surface area (Å²) in [4.78, 5) is 12.8.